The molecule has 0 fully saturated rings. The van der Waals surface area contributed by atoms with Gasteiger partial charge in [-0.1, -0.05) is 40.2 Å². The standard InChI is InChI=1S/C20H13BrN2O2S/c21-13-8-10-15(11-9-13)23-19(24)17(16-7-4-12-26-16)18(20(23)25)22-14-5-2-1-3-6-14/h1-12,22H. The number of halogens is 1. The molecule has 2 amide bonds. The van der Waals surface area contributed by atoms with Crippen molar-refractivity contribution < 1.29 is 9.59 Å². The number of para-hydroxylation sites is 1. The van der Waals surface area contributed by atoms with Crippen LogP contribution in [-0.2, 0) is 9.59 Å². The number of rotatable bonds is 4. The first kappa shape index (κ1) is 16.8. The van der Waals surface area contributed by atoms with E-state index in [2.05, 4.69) is 21.2 Å². The molecule has 0 atom stereocenters. The highest BCUT2D eigenvalue weighted by atomic mass is 79.9. The molecule has 0 saturated heterocycles. The van der Waals surface area contributed by atoms with Crippen LogP contribution in [0.3, 0.4) is 0 Å². The minimum Gasteiger partial charge on any atom is -0.350 e. The predicted octanol–water partition coefficient (Wildman–Crippen LogP) is 4.91. The molecule has 1 aromatic heterocycles. The Morgan fingerprint density at radius 1 is 0.846 bits per heavy atom. The zero-order chi connectivity index (χ0) is 18.1. The van der Waals surface area contributed by atoms with Gasteiger partial charge in [0.25, 0.3) is 11.8 Å². The van der Waals surface area contributed by atoms with E-state index in [1.165, 1.54) is 16.2 Å². The summed E-state index contributed by atoms with van der Waals surface area (Å²) in [5.74, 6) is -0.678. The molecule has 0 radical (unpaired) electrons. The van der Waals surface area contributed by atoms with Crippen molar-refractivity contribution in [3.05, 3.63) is 87.2 Å². The average molecular weight is 425 g/mol. The molecule has 0 bridgehead atoms. The summed E-state index contributed by atoms with van der Waals surface area (Å²) in [5, 5.41) is 5.03. The average Bonchev–Trinajstić information content (AvgIpc) is 3.25. The van der Waals surface area contributed by atoms with Crippen molar-refractivity contribution in [1.29, 1.82) is 0 Å². The van der Waals surface area contributed by atoms with Gasteiger partial charge >= 0.3 is 0 Å². The number of carbonyl (C=O) groups excluding carboxylic acids is 2. The number of nitrogens with zero attached hydrogens (tertiary/aromatic N) is 1. The summed E-state index contributed by atoms with van der Waals surface area (Å²) < 4.78 is 0.884. The van der Waals surface area contributed by atoms with Crippen molar-refractivity contribution in [2.45, 2.75) is 0 Å². The van der Waals surface area contributed by atoms with E-state index in [4.69, 9.17) is 0 Å². The van der Waals surface area contributed by atoms with Gasteiger partial charge in [0.15, 0.2) is 0 Å². The lowest BCUT2D eigenvalue weighted by Crippen LogP contribution is -2.32. The Balaban J connectivity index is 1.79. The van der Waals surface area contributed by atoms with E-state index < -0.39 is 0 Å². The number of anilines is 2. The molecule has 1 N–H and O–H groups in total. The van der Waals surface area contributed by atoms with Gasteiger partial charge in [-0.15, -0.1) is 11.3 Å². The molecule has 1 aliphatic rings. The van der Waals surface area contributed by atoms with Gasteiger partial charge in [0.1, 0.15) is 5.70 Å². The molecule has 0 unspecified atom stereocenters. The molecule has 0 aliphatic carbocycles. The fraction of sp³-hybridized carbons (Fsp3) is 0. The molecule has 0 saturated carbocycles. The van der Waals surface area contributed by atoms with E-state index in [0.717, 1.165) is 15.0 Å². The van der Waals surface area contributed by atoms with Crippen LogP contribution in [0.1, 0.15) is 4.88 Å². The van der Waals surface area contributed by atoms with Crippen LogP contribution in [0.5, 0.6) is 0 Å². The van der Waals surface area contributed by atoms with Crippen molar-refractivity contribution >= 4 is 56.0 Å². The smallest absolute Gasteiger partial charge is 0.282 e. The van der Waals surface area contributed by atoms with Crippen molar-refractivity contribution in [1.82, 2.24) is 0 Å². The number of carbonyl (C=O) groups is 2. The third-order valence-electron chi connectivity index (χ3n) is 3.98. The van der Waals surface area contributed by atoms with Crippen molar-refractivity contribution in [3.63, 3.8) is 0 Å². The number of thiophene rings is 1. The van der Waals surface area contributed by atoms with Crippen molar-refractivity contribution in [2.75, 3.05) is 10.2 Å². The zero-order valence-corrected chi connectivity index (χ0v) is 15.9. The molecule has 0 spiro atoms. The van der Waals surface area contributed by atoms with E-state index in [-0.39, 0.29) is 11.8 Å². The Labute approximate surface area is 162 Å². The Morgan fingerprint density at radius 3 is 2.23 bits per heavy atom. The summed E-state index contributed by atoms with van der Waals surface area (Å²) >= 11 is 4.81. The summed E-state index contributed by atoms with van der Waals surface area (Å²) in [4.78, 5) is 28.2. The molecule has 26 heavy (non-hydrogen) atoms. The Morgan fingerprint density at radius 2 is 1.58 bits per heavy atom. The van der Waals surface area contributed by atoms with E-state index in [9.17, 15) is 9.59 Å². The summed E-state index contributed by atoms with van der Waals surface area (Å²) in [6, 6.07) is 20.2. The molecule has 128 valence electrons. The lowest BCUT2D eigenvalue weighted by molar-refractivity contribution is -0.120. The second-order valence-electron chi connectivity index (χ2n) is 5.64. The third-order valence-corrected chi connectivity index (χ3v) is 5.40. The highest BCUT2D eigenvalue weighted by Gasteiger charge is 2.40. The summed E-state index contributed by atoms with van der Waals surface area (Å²) in [6.45, 7) is 0. The second-order valence-corrected chi connectivity index (χ2v) is 7.50. The largest absolute Gasteiger partial charge is 0.350 e. The van der Waals surface area contributed by atoms with Gasteiger partial charge < -0.3 is 5.32 Å². The maximum Gasteiger partial charge on any atom is 0.282 e. The van der Waals surface area contributed by atoms with Gasteiger partial charge in [-0.2, -0.15) is 0 Å². The minimum absolute atomic E-state index is 0.298. The van der Waals surface area contributed by atoms with Crippen molar-refractivity contribution in [3.8, 4) is 0 Å². The lowest BCUT2D eigenvalue weighted by atomic mass is 10.2. The van der Waals surface area contributed by atoms with Crippen LogP contribution in [0.4, 0.5) is 11.4 Å². The van der Waals surface area contributed by atoms with Gasteiger partial charge in [0.05, 0.1) is 11.3 Å². The normalized spacial score (nSPS) is 14.3. The molecule has 2 heterocycles. The quantitative estimate of drug-likeness (QED) is 0.605. The fourth-order valence-electron chi connectivity index (χ4n) is 2.79. The first-order chi connectivity index (χ1) is 12.6. The Kier molecular flexibility index (Phi) is 4.44. The van der Waals surface area contributed by atoms with E-state index >= 15 is 0 Å². The maximum atomic E-state index is 13.1. The molecule has 6 heteroatoms. The molecule has 3 aromatic rings. The van der Waals surface area contributed by atoms with Gasteiger partial charge in [0, 0.05) is 15.0 Å². The summed E-state index contributed by atoms with van der Waals surface area (Å²) in [7, 11) is 0. The Hall–Kier alpha value is -2.70. The highest BCUT2D eigenvalue weighted by Crippen LogP contribution is 2.35. The van der Waals surface area contributed by atoms with Crippen LogP contribution in [0.15, 0.2) is 82.3 Å². The first-order valence-electron chi connectivity index (χ1n) is 7.90. The number of nitrogens with one attached hydrogen (secondary N) is 1. The number of hydrogen-bond donors (Lipinski definition) is 1. The number of hydrogen-bond acceptors (Lipinski definition) is 4. The molecular formula is C20H13BrN2O2S. The number of benzene rings is 2. The molecule has 1 aliphatic heterocycles. The van der Waals surface area contributed by atoms with Crippen LogP contribution < -0.4 is 10.2 Å². The number of amides is 2. The fourth-order valence-corrected chi connectivity index (χ4v) is 3.82. The summed E-state index contributed by atoms with van der Waals surface area (Å²) in [5.41, 5.74) is 2.00. The van der Waals surface area contributed by atoms with E-state index in [1.807, 2.05) is 60.0 Å². The highest BCUT2D eigenvalue weighted by molar-refractivity contribution is 9.10. The lowest BCUT2D eigenvalue weighted by Gasteiger charge is -2.15. The van der Waals surface area contributed by atoms with Gasteiger partial charge in [-0.05, 0) is 47.8 Å². The monoisotopic (exact) mass is 424 g/mol. The van der Waals surface area contributed by atoms with Crippen LogP contribution in [0.2, 0.25) is 0 Å². The van der Waals surface area contributed by atoms with Crippen LogP contribution in [0.25, 0.3) is 5.57 Å². The topological polar surface area (TPSA) is 49.4 Å². The summed E-state index contributed by atoms with van der Waals surface area (Å²) in [6.07, 6.45) is 0. The van der Waals surface area contributed by atoms with Crippen LogP contribution >= 0.6 is 27.3 Å². The SMILES string of the molecule is O=C1C(Nc2ccccc2)=C(c2cccs2)C(=O)N1c1ccc(Br)cc1. The van der Waals surface area contributed by atoms with Crippen LogP contribution in [0, 0.1) is 0 Å². The van der Waals surface area contributed by atoms with Gasteiger partial charge in [-0.25, -0.2) is 4.90 Å². The third kappa shape index (κ3) is 2.98. The first-order valence-corrected chi connectivity index (χ1v) is 9.57. The zero-order valence-electron chi connectivity index (χ0n) is 13.5. The van der Waals surface area contributed by atoms with Crippen LogP contribution in [-0.4, -0.2) is 11.8 Å². The molecular weight excluding hydrogens is 412 g/mol. The Bertz CT molecular complexity index is 996. The van der Waals surface area contributed by atoms with E-state index in [0.29, 0.717) is 17.0 Å². The number of imide groups is 1. The van der Waals surface area contributed by atoms with Gasteiger partial charge in [-0.3, -0.25) is 9.59 Å². The van der Waals surface area contributed by atoms with Gasteiger partial charge in [0.2, 0.25) is 0 Å². The minimum atomic E-state index is -0.357. The molecule has 4 nitrogen and oxygen atoms in total. The maximum absolute atomic E-state index is 13.1. The second kappa shape index (κ2) is 6.90. The van der Waals surface area contributed by atoms with E-state index in [1.54, 1.807) is 12.1 Å². The van der Waals surface area contributed by atoms with Crippen molar-refractivity contribution in [2.24, 2.45) is 0 Å². The molecule has 2 aromatic carbocycles. The predicted molar refractivity (Wildman–Crippen MR) is 108 cm³/mol. The molecule has 4 rings (SSSR count).